The van der Waals surface area contributed by atoms with Crippen molar-refractivity contribution in [3.8, 4) is 0 Å². The minimum Gasteiger partial charge on any atom is -0.396 e. The van der Waals surface area contributed by atoms with E-state index in [1.54, 1.807) is 24.1 Å². The molecule has 0 saturated heterocycles. The molecule has 0 aliphatic heterocycles. The molecule has 0 radical (unpaired) electrons. The fraction of sp³-hybridized carbons (Fsp3) is 0.417. The number of nitro groups is 1. The molecule has 0 aliphatic carbocycles. The number of rotatable bonds is 6. The lowest BCUT2D eigenvalue weighted by atomic mass is 10.1. The van der Waals surface area contributed by atoms with Gasteiger partial charge in [-0.15, -0.1) is 0 Å². The van der Waals surface area contributed by atoms with Gasteiger partial charge in [-0.3, -0.25) is 14.9 Å². The van der Waals surface area contributed by atoms with E-state index < -0.39 is 4.92 Å². The van der Waals surface area contributed by atoms with Crippen molar-refractivity contribution in [1.29, 1.82) is 0 Å². The number of hydrogen-bond donors (Lipinski definition) is 1. The zero-order valence-electron chi connectivity index (χ0n) is 10.4. The van der Waals surface area contributed by atoms with Crippen molar-refractivity contribution in [3.05, 3.63) is 33.9 Å². The second-order valence-corrected chi connectivity index (χ2v) is 4.02. The Morgan fingerprint density at radius 3 is 2.67 bits per heavy atom. The molecule has 0 spiro atoms. The van der Waals surface area contributed by atoms with Crippen LogP contribution in [0.25, 0.3) is 0 Å². The standard InChI is InChI=1S/C12H16N2O4/c1-9(16)10-4-5-11(12(8-10)14(17)18)13(2)6-3-7-15/h4-5,8,15H,3,6-7H2,1-2H3. The van der Waals surface area contributed by atoms with Crippen LogP contribution in [0.3, 0.4) is 0 Å². The molecule has 0 aliphatic rings. The van der Waals surface area contributed by atoms with Crippen LogP contribution in [-0.4, -0.2) is 36.0 Å². The van der Waals surface area contributed by atoms with Crippen molar-refractivity contribution < 1.29 is 14.8 Å². The summed E-state index contributed by atoms with van der Waals surface area (Å²) in [6.07, 6.45) is 0.530. The lowest BCUT2D eigenvalue weighted by Gasteiger charge is -2.18. The third-order valence-electron chi connectivity index (χ3n) is 2.64. The summed E-state index contributed by atoms with van der Waals surface area (Å²) in [6, 6.07) is 4.42. The number of carbonyl (C=O) groups is 1. The first-order chi connectivity index (χ1) is 8.47. The van der Waals surface area contributed by atoms with E-state index in [0.29, 0.717) is 24.2 Å². The summed E-state index contributed by atoms with van der Waals surface area (Å²) in [5.74, 6) is -0.206. The van der Waals surface area contributed by atoms with Crippen LogP contribution in [0.5, 0.6) is 0 Å². The summed E-state index contributed by atoms with van der Waals surface area (Å²) in [4.78, 5) is 23.4. The highest BCUT2D eigenvalue weighted by atomic mass is 16.6. The van der Waals surface area contributed by atoms with Gasteiger partial charge in [-0.1, -0.05) is 0 Å². The molecule has 6 nitrogen and oxygen atoms in total. The van der Waals surface area contributed by atoms with Crippen molar-refractivity contribution in [1.82, 2.24) is 0 Å². The van der Waals surface area contributed by atoms with Gasteiger partial charge in [0, 0.05) is 31.8 Å². The third kappa shape index (κ3) is 3.27. The summed E-state index contributed by atoms with van der Waals surface area (Å²) in [6.45, 7) is 1.91. The van der Waals surface area contributed by atoms with Gasteiger partial charge >= 0.3 is 0 Å². The van der Waals surface area contributed by atoms with E-state index in [2.05, 4.69) is 0 Å². The molecular weight excluding hydrogens is 236 g/mol. The molecule has 1 rings (SSSR count). The van der Waals surface area contributed by atoms with E-state index in [9.17, 15) is 14.9 Å². The van der Waals surface area contributed by atoms with Gasteiger partial charge in [0.15, 0.2) is 5.78 Å². The van der Waals surface area contributed by atoms with Gasteiger partial charge in [0.2, 0.25) is 0 Å². The van der Waals surface area contributed by atoms with Crippen molar-refractivity contribution in [2.75, 3.05) is 25.1 Å². The predicted molar refractivity (Wildman–Crippen MR) is 68.1 cm³/mol. The highest BCUT2D eigenvalue weighted by molar-refractivity contribution is 5.95. The molecule has 1 aromatic carbocycles. The third-order valence-corrected chi connectivity index (χ3v) is 2.64. The van der Waals surface area contributed by atoms with Crippen molar-refractivity contribution in [2.45, 2.75) is 13.3 Å². The van der Waals surface area contributed by atoms with E-state index in [0.717, 1.165) is 0 Å². The lowest BCUT2D eigenvalue weighted by molar-refractivity contribution is -0.384. The Balaban J connectivity index is 3.11. The van der Waals surface area contributed by atoms with Gasteiger partial charge in [-0.2, -0.15) is 0 Å². The quantitative estimate of drug-likeness (QED) is 0.472. The maximum Gasteiger partial charge on any atom is 0.293 e. The monoisotopic (exact) mass is 252 g/mol. The van der Waals surface area contributed by atoms with Crippen LogP contribution in [-0.2, 0) is 0 Å². The highest BCUT2D eigenvalue weighted by Crippen LogP contribution is 2.28. The number of anilines is 1. The van der Waals surface area contributed by atoms with Crippen molar-refractivity contribution in [2.24, 2.45) is 0 Å². The minimum absolute atomic E-state index is 0.0314. The van der Waals surface area contributed by atoms with Gasteiger partial charge < -0.3 is 10.0 Å². The second-order valence-electron chi connectivity index (χ2n) is 4.02. The predicted octanol–water partition coefficient (Wildman–Crippen LogP) is 1.62. The minimum atomic E-state index is -0.503. The van der Waals surface area contributed by atoms with Crippen LogP contribution in [0.1, 0.15) is 23.7 Å². The molecule has 18 heavy (non-hydrogen) atoms. The number of nitrogens with zero attached hydrogens (tertiary/aromatic N) is 2. The smallest absolute Gasteiger partial charge is 0.293 e. The van der Waals surface area contributed by atoms with Crippen LogP contribution in [0.4, 0.5) is 11.4 Å². The summed E-state index contributed by atoms with van der Waals surface area (Å²) < 4.78 is 0. The van der Waals surface area contributed by atoms with Gasteiger partial charge in [-0.25, -0.2) is 0 Å². The number of aliphatic hydroxyl groups is 1. The fourth-order valence-corrected chi connectivity index (χ4v) is 1.64. The molecular formula is C12H16N2O4. The summed E-state index contributed by atoms with van der Waals surface area (Å²) in [7, 11) is 1.71. The first-order valence-electron chi connectivity index (χ1n) is 5.58. The Bertz CT molecular complexity index is 459. The van der Waals surface area contributed by atoms with E-state index in [-0.39, 0.29) is 18.1 Å². The zero-order chi connectivity index (χ0) is 13.7. The molecule has 0 aromatic heterocycles. The van der Waals surface area contributed by atoms with Crippen LogP contribution in [0, 0.1) is 10.1 Å². The van der Waals surface area contributed by atoms with E-state index in [1.165, 1.54) is 13.0 Å². The van der Waals surface area contributed by atoms with Crippen LogP contribution in [0.2, 0.25) is 0 Å². The SMILES string of the molecule is CC(=O)c1ccc(N(C)CCCO)c([N+](=O)[O-])c1. The highest BCUT2D eigenvalue weighted by Gasteiger charge is 2.18. The first-order valence-corrected chi connectivity index (χ1v) is 5.58. The lowest BCUT2D eigenvalue weighted by Crippen LogP contribution is -2.20. The van der Waals surface area contributed by atoms with Crippen LogP contribution in [0.15, 0.2) is 18.2 Å². The molecule has 0 bridgehead atoms. The summed E-state index contributed by atoms with van der Waals surface area (Å²) in [5.41, 5.74) is 0.669. The number of Topliss-reactive ketones (excluding diaryl/α,β-unsaturated/α-hetero) is 1. The molecule has 1 aromatic rings. The Morgan fingerprint density at radius 1 is 1.50 bits per heavy atom. The molecule has 0 unspecified atom stereocenters. The average molecular weight is 252 g/mol. The number of ketones is 1. The van der Waals surface area contributed by atoms with E-state index in [1.807, 2.05) is 0 Å². The number of benzene rings is 1. The van der Waals surface area contributed by atoms with Gasteiger partial charge in [0.1, 0.15) is 5.69 Å². The first kappa shape index (κ1) is 14.1. The Morgan fingerprint density at radius 2 is 2.17 bits per heavy atom. The van der Waals surface area contributed by atoms with Crippen molar-refractivity contribution in [3.63, 3.8) is 0 Å². The van der Waals surface area contributed by atoms with E-state index >= 15 is 0 Å². The average Bonchev–Trinajstić information content (AvgIpc) is 2.34. The maximum absolute atomic E-state index is 11.2. The Labute approximate surface area is 105 Å². The second kappa shape index (κ2) is 6.11. The van der Waals surface area contributed by atoms with Crippen molar-refractivity contribution >= 4 is 17.2 Å². The Hall–Kier alpha value is -1.95. The van der Waals surface area contributed by atoms with Gasteiger partial charge in [0.05, 0.1) is 4.92 Å². The Kier molecular flexibility index (Phi) is 4.79. The number of aliphatic hydroxyl groups excluding tert-OH is 1. The normalized spacial score (nSPS) is 10.2. The topological polar surface area (TPSA) is 83.7 Å². The van der Waals surface area contributed by atoms with Crippen LogP contribution >= 0.6 is 0 Å². The fourth-order valence-electron chi connectivity index (χ4n) is 1.64. The number of nitro benzene ring substituents is 1. The molecule has 0 heterocycles. The van der Waals surface area contributed by atoms with Crippen LogP contribution < -0.4 is 4.90 Å². The summed E-state index contributed by atoms with van der Waals surface area (Å²) in [5, 5.41) is 19.7. The number of hydrogen-bond acceptors (Lipinski definition) is 5. The van der Waals surface area contributed by atoms with Gasteiger partial charge in [-0.05, 0) is 25.5 Å². The molecule has 0 saturated carbocycles. The van der Waals surface area contributed by atoms with E-state index in [4.69, 9.17) is 5.11 Å². The molecule has 1 N–H and O–H groups in total. The molecule has 98 valence electrons. The molecule has 0 atom stereocenters. The largest absolute Gasteiger partial charge is 0.396 e. The molecule has 6 heteroatoms. The van der Waals surface area contributed by atoms with Gasteiger partial charge in [0.25, 0.3) is 5.69 Å². The number of carbonyl (C=O) groups excluding carboxylic acids is 1. The summed E-state index contributed by atoms with van der Waals surface area (Å²) >= 11 is 0. The maximum atomic E-state index is 11.2. The molecule has 0 fully saturated rings. The molecule has 0 amide bonds. The zero-order valence-corrected chi connectivity index (χ0v) is 10.4.